The Morgan fingerprint density at radius 3 is 1.79 bits per heavy atom. The van der Waals surface area contributed by atoms with E-state index >= 15 is 0 Å². The van der Waals surface area contributed by atoms with Gasteiger partial charge in [0, 0.05) is 0 Å². The number of allylic oxidation sites excluding steroid dienone is 2. The number of benzene rings is 1. The second-order valence-corrected chi connectivity index (χ2v) is 5.84. The molecule has 1 aromatic rings. The largest absolute Gasteiger partial charge is 0.392 e. The van der Waals surface area contributed by atoms with Crippen molar-refractivity contribution in [2.45, 2.75) is 25.7 Å². The smallest absolute Gasteiger partial charge is 0.321 e. The molecular formula is C16H14O3. The Balaban J connectivity index is 1.97. The molecule has 19 heavy (non-hydrogen) atoms. The third-order valence-corrected chi connectivity index (χ3v) is 5.09. The molecule has 3 heteroatoms. The molecule has 3 nitrogen and oxygen atoms in total. The molecule has 3 aliphatic rings. The first kappa shape index (κ1) is 11.0. The Labute approximate surface area is 111 Å². The number of rotatable bonds is 0. The van der Waals surface area contributed by atoms with Gasteiger partial charge in [-0.25, -0.2) is 0 Å². The van der Waals surface area contributed by atoms with E-state index < -0.39 is 10.8 Å². The first-order valence-corrected chi connectivity index (χ1v) is 6.66. The predicted molar refractivity (Wildman–Crippen MR) is 68.2 cm³/mol. The Morgan fingerprint density at radius 1 is 0.842 bits per heavy atom. The van der Waals surface area contributed by atoms with Crippen LogP contribution in [0.25, 0.3) is 0 Å². The molecule has 2 unspecified atom stereocenters. The lowest BCUT2D eigenvalue weighted by Crippen LogP contribution is -2.51. The van der Waals surface area contributed by atoms with Crippen molar-refractivity contribution in [3.05, 3.63) is 47.5 Å². The lowest BCUT2D eigenvalue weighted by Gasteiger charge is -2.45. The second kappa shape index (κ2) is 3.35. The van der Waals surface area contributed by atoms with Crippen LogP contribution in [0.3, 0.4) is 0 Å². The van der Waals surface area contributed by atoms with Crippen LogP contribution in [0.2, 0.25) is 0 Å². The Bertz CT molecular complexity index is 578. The molecule has 1 aliphatic heterocycles. The van der Waals surface area contributed by atoms with Crippen LogP contribution in [-0.2, 0) is 27.2 Å². The lowest BCUT2D eigenvalue weighted by molar-refractivity contribution is -0.155. The highest BCUT2D eigenvalue weighted by Crippen LogP contribution is 2.60. The maximum Gasteiger partial charge on any atom is 0.321 e. The molecule has 2 atom stereocenters. The maximum atomic E-state index is 12.3. The van der Waals surface area contributed by atoms with Gasteiger partial charge in [0.25, 0.3) is 0 Å². The lowest BCUT2D eigenvalue weighted by atomic mass is 9.52. The molecule has 0 bridgehead atoms. The van der Waals surface area contributed by atoms with Gasteiger partial charge in [0.1, 0.15) is 0 Å². The van der Waals surface area contributed by atoms with Gasteiger partial charge in [-0.3, -0.25) is 9.59 Å². The van der Waals surface area contributed by atoms with Crippen LogP contribution < -0.4 is 0 Å². The van der Waals surface area contributed by atoms with Gasteiger partial charge in [-0.15, -0.1) is 0 Å². The minimum absolute atomic E-state index is 0.323. The SMILES string of the molecule is O=C1OC(=O)C23CC=CCC12Cc1ccccc1C3. The zero-order chi connectivity index (χ0) is 13.1. The molecular weight excluding hydrogens is 240 g/mol. The standard InChI is InChI=1S/C16H14O3/c17-13-15-7-3-4-8-16(15,14(18)19-13)10-12-6-2-1-5-11(12)9-15/h1-6H,7-10H2. The summed E-state index contributed by atoms with van der Waals surface area (Å²) in [5.74, 6) is -0.646. The summed E-state index contributed by atoms with van der Waals surface area (Å²) >= 11 is 0. The van der Waals surface area contributed by atoms with Crippen LogP contribution in [0, 0.1) is 10.8 Å². The fraction of sp³-hybridized carbons (Fsp3) is 0.375. The molecule has 2 aliphatic carbocycles. The normalized spacial score (nSPS) is 35.4. The fourth-order valence-corrected chi connectivity index (χ4v) is 3.98. The highest BCUT2D eigenvalue weighted by molar-refractivity contribution is 6.03. The van der Waals surface area contributed by atoms with Crippen molar-refractivity contribution in [3.63, 3.8) is 0 Å². The van der Waals surface area contributed by atoms with Crippen molar-refractivity contribution in [2.75, 3.05) is 0 Å². The highest BCUT2D eigenvalue weighted by atomic mass is 16.6. The number of cyclic esters (lactones) is 2. The zero-order valence-electron chi connectivity index (χ0n) is 10.5. The summed E-state index contributed by atoms with van der Waals surface area (Å²) in [6.07, 6.45) is 6.52. The Kier molecular flexibility index (Phi) is 1.93. The summed E-state index contributed by atoms with van der Waals surface area (Å²) in [6.45, 7) is 0. The van der Waals surface area contributed by atoms with Crippen molar-refractivity contribution >= 4 is 11.9 Å². The molecule has 1 aromatic carbocycles. The highest BCUT2D eigenvalue weighted by Gasteiger charge is 2.69. The van der Waals surface area contributed by atoms with Gasteiger partial charge in [0.15, 0.2) is 0 Å². The maximum absolute atomic E-state index is 12.3. The molecule has 1 saturated heterocycles. The molecule has 96 valence electrons. The molecule has 0 amide bonds. The number of fused-ring (bicyclic) bond motifs is 1. The first-order chi connectivity index (χ1) is 9.18. The number of carbonyl (C=O) groups is 2. The van der Waals surface area contributed by atoms with Crippen LogP contribution in [0.4, 0.5) is 0 Å². The van der Waals surface area contributed by atoms with E-state index in [0.29, 0.717) is 25.7 Å². The van der Waals surface area contributed by atoms with Gasteiger partial charge in [-0.2, -0.15) is 0 Å². The molecule has 0 spiro atoms. The van der Waals surface area contributed by atoms with E-state index in [9.17, 15) is 9.59 Å². The van der Waals surface area contributed by atoms with Gasteiger partial charge in [0.2, 0.25) is 0 Å². The number of esters is 2. The van der Waals surface area contributed by atoms with Crippen LogP contribution in [0.1, 0.15) is 24.0 Å². The summed E-state index contributed by atoms with van der Waals surface area (Å²) in [7, 11) is 0. The van der Waals surface area contributed by atoms with E-state index in [2.05, 4.69) is 12.1 Å². The quantitative estimate of drug-likeness (QED) is 0.405. The predicted octanol–water partition coefficient (Wildman–Crippen LogP) is 2.19. The van der Waals surface area contributed by atoms with E-state index in [1.54, 1.807) is 0 Å². The van der Waals surface area contributed by atoms with Crippen LogP contribution in [0.5, 0.6) is 0 Å². The van der Waals surface area contributed by atoms with E-state index in [-0.39, 0.29) is 11.9 Å². The van der Waals surface area contributed by atoms with Crippen LogP contribution in [-0.4, -0.2) is 11.9 Å². The monoisotopic (exact) mass is 254 g/mol. The average Bonchev–Trinajstić information content (AvgIpc) is 2.65. The number of hydrogen-bond acceptors (Lipinski definition) is 3. The summed E-state index contributed by atoms with van der Waals surface area (Å²) in [5, 5.41) is 0. The molecule has 0 saturated carbocycles. The topological polar surface area (TPSA) is 43.4 Å². The van der Waals surface area contributed by atoms with E-state index in [1.807, 2.05) is 24.3 Å². The summed E-state index contributed by atoms with van der Waals surface area (Å²) in [4.78, 5) is 24.6. The molecule has 4 rings (SSSR count). The van der Waals surface area contributed by atoms with Gasteiger partial charge in [-0.05, 0) is 36.8 Å². The van der Waals surface area contributed by atoms with Gasteiger partial charge in [-0.1, -0.05) is 36.4 Å². The van der Waals surface area contributed by atoms with Crippen molar-refractivity contribution < 1.29 is 14.3 Å². The average molecular weight is 254 g/mol. The molecule has 0 radical (unpaired) electrons. The minimum atomic E-state index is -0.660. The van der Waals surface area contributed by atoms with Crippen molar-refractivity contribution in [3.8, 4) is 0 Å². The number of hydrogen-bond donors (Lipinski definition) is 0. The van der Waals surface area contributed by atoms with Gasteiger partial charge < -0.3 is 4.74 Å². The number of carbonyl (C=O) groups excluding carboxylic acids is 2. The van der Waals surface area contributed by atoms with E-state index in [0.717, 1.165) is 0 Å². The third-order valence-electron chi connectivity index (χ3n) is 5.09. The molecule has 0 N–H and O–H groups in total. The molecule has 1 heterocycles. The van der Waals surface area contributed by atoms with Gasteiger partial charge >= 0.3 is 11.9 Å². The van der Waals surface area contributed by atoms with E-state index in [1.165, 1.54) is 11.1 Å². The first-order valence-electron chi connectivity index (χ1n) is 6.66. The molecule has 0 aromatic heterocycles. The third kappa shape index (κ3) is 1.14. The number of ether oxygens (including phenoxy) is 1. The van der Waals surface area contributed by atoms with Crippen molar-refractivity contribution in [2.24, 2.45) is 10.8 Å². The Morgan fingerprint density at radius 2 is 1.32 bits per heavy atom. The summed E-state index contributed by atoms with van der Waals surface area (Å²) in [5.41, 5.74) is 1.04. The van der Waals surface area contributed by atoms with Crippen molar-refractivity contribution in [1.29, 1.82) is 0 Å². The summed E-state index contributed by atoms with van der Waals surface area (Å²) < 4.78 is 5.05. The van der Waals surface area contributed by atoms with Gasteiger partial charge in [0.05, 0.1) is 10.8 Å². The van der Waals surface area contributed by atoms with Crippen LogP contribution in [0.15, 0.2) is 36.4 Å². The van der Waals surface area contributed by atoms with Crippen molar-refractivity contribution in [1.82, 2.24) is 0 Å². The second-order valence-electron chi connectivity index (χ2n) is 5.84. The fourth-order valence-electron chi connectivity index (χ4n) is 3.98. The molecule has 1 fully saturated rings. The zero-order valence-corrected chi connectivity index (χ0v) is 10.5. The Hall–Kier alpha value is -1.90. The van der Waals surface area contributed by atoms with Crippen LogP contribution >= 0.6 is 0 Å². The van der Waals surface area contributed by atoms with E-state index in [4.69, 9.17) is 4.74 Å². The minimum Gasteiger partial charge on any atom is -0.392 e. The summed E-state index contributed by atoms with van der Waals surface area (Å²) in [6, 6.07) is 8.09.